The Bertz CT molecular complexity index is 684. The van der Waals surface area contributed by atoms with Crippen molar-refractivity contribution in [2.24, 2.45) is 5.73 Å². The molecule has 1 unspecified atom stereocenters. The fourth-order valence-corrected chi connectivity index (χ4v) is 2.69. The summed E-state index contributed by atoms with van der Waals surface area (Å²) in [5.74, 6) is 1.66. The van der Waals surface area contributed by atoms with Gasteiger partial charge in [-0.05, 0) is 30.7 Å². The molecule has 1 aliphatic rings. The number of hydrogen-bond donors (Lipinski definition) is 1. The average molecular weight is 299 g/mol. The SMILES string of the molecule is Cc1ccc2c(c1)CC(COc1ccccc1C(N)=S)O2. The molecule has 21 heavy (non-hydrogen) atoms. The number of benzene rings is 2. The van der Waals surface area contributed by atoms with E-state index in [0.29, 0.717) is 17.3 Å². The van der Waals surface area contributed by atoms with Crippen LogP contribution < -0.4 is 15.2 Å². The number of ether oxygens (including phenoxy) is 2. The minimum atomic E-state index is 0.0289. The van der Waals surface area contributed by atoms with E-state index in [9.17, 15) is 0 Å². The van der Waals surface area contributed by atoms with Crippen LogP contribution in [-0.2, 0) is 6.42 Å². The lowest BCUT2D eigenvalue weighted by Crippen LogP contribution is -2.23. The Morgan fingerprint density at radius 2 is 2.14 bits per heavy atom. The maximum Gasteiger partial charge on any atom is 0.137 e. The number of hydrogen-bond acceptors (Lipinski definition) is 3. The minimum Gasteiger partial charge on any atom is -0.489 e. The number of rotatable bonds is 4. The van der Waals surface area contributed by atoms with Gasteiger partial charge in [0.05, 0.1) is 5.56 Å². The third kappa shape index (κ3) is 3.00. The summed E-state index contributed by atoms with van der Waals surface area (Å²) in [4.78, 5) is 0.344. The van der Waals surface area contributed by atoms with E-state index in [2.05, 4.69) is 19.1 Å². The van der Waals surface area contributed by atoms with Gasteiger partial charge >= 0.3 is 0 Å². The molecule has 2 N–H and O–H groups in total. The molecule has 1 aliphatic heterocycles. The predicted molar refractivity (Wildman–Crippen MR) is 87.1 cm³/mol. The highest BCUT2D eigenvalue weighted by Gasteiger charge is 2.23. The summed E-state index contributed by atoms with van der Waals surface area (Å²) in [6.07, 6.45) is 0.896. The van der Waals surface area contributed by atoms with Gasteiger partial charge in [-0.2, -0.15) is 0 Å². The summed E-state index contributed by atoms with van der Waals surface area (Å²) in [6.45, 7) is 2.57. The van der Waals surface area contributed by atoms with Crippen molar-refractivity contribution >= 4 is 17.2 Å². The first-order chi connectivity index (χ1) is 10.1. The molecule has 0 bridgehead atoms. The van der Waals surface area contributed by atoms with E-state index in [-0.39, 0.29) is 6.10 Å². The molecule has 0 aliphatic carbocycles. The van der Waals surface area contributed by atoms with Crippen molar-refractivity contribution in [3.8, 4) is 11.5 Å². The molecular formula is C17H17NO2S. The molecule has 2 aromatic carbocycles. The van der Waals surface area contributed by atoms with E-state index in [1.165, 1.54) is 11.1 Å². The van der Waals surface area contributed by atoms with Crippen molar-refractivity contribution in [2.75, 3.05) is 6.61 Å². The second-order valence-electron chi connectivity index (χ2n) is 5.23. The van der Waals surface area contributed by atoms with Crippen molar-refractivity contribution in [3.63, 3.8) is 0 Å². The summed E-state index contributed by atoms with van der Waals surface area (Å²) >= 11 is 5.04. The molecule has 0 amide bonds. The van der Waals surface area contributed by atoms with E-state index in [1.54, 1.807) is 0 Å². The standard InChI is InChI=1S/C17H17NO2S/c1-11-6-7-15-12(8-11)9-13(20-15)10-19-16-5-3-2-4-14(16)17(18)21/h2-8,13H,9-10H2,1H3,(H2,18,21). The van der Waals surface area contributed by atoms with Crippen LogP contribution in [0, 0.1) is 6.92 Å². The fraction of sp³-hybridized carbons (Fsp3) is 0.235. The van der Waals surface area contributed by atoms with Crippen LogP contribution in [0.25, 0.3) is 0 Å². The summed E-state index contributed by atoms with van der Waals surface area (Å²) in [6, 6.07) is 13.8. The molecule has 1 atom stereocenters. The van der Waals surface area contributed by atoms with Gasteiger partial charge < -0.3 is 15.2 Å². The molecule has 0 aromatic heterocycles. The highest BCUT2D eigenvalue weighted by atomic mass is 32.1. The maximum absolute atomic E-state index is 5.89. The monoisotopic (exact) mass is 299 g/mol. The van der Waals surface area contributed by atoms with Gasteiger partial charge in [-0.15, -0.1) is 0 Å². The first-order valence-electron chi connectivity index (χ1n) is 6.91. The summed E-state index contributed by atoms with van der Waals surface area (Å²) < 4.78 is 11.7. The third-order valence-corrected chi connectivity index (χ3v) is 3.75. The van der Waals surface area contributed by atoms with E-state index in [1.807, 2.05) is 30.3 Å². The first kappa shape index (κ1) is 13.9. The normalized spacial score (nSPS) is 16.1. The molecule has 0 saturated heterocycles. The van der Waals surface area contributed by atoms with Gasteiger partial charge in [0.25, 0.3) is 0 Å². The summed E-state index contributed by atoms with van der Waals surface area (Å²) in [5, 5.41) is 0. The van der Waals surface area contributed by atoms with Crippen LogP contribution in [0.5, 0.6) is 11.5 Å². The molecule has 3 nitrogen and oxygen atoms in total. The zero-order valence-corrected chi connectivity index (χ0v) is 12.7. The lowest BCUT2D eigenvalue weighted by molar-refractivity contribution is 0.148. The van der Waals surface area contributed by atoms with E-state index >= 15 is 0 Å². The molecule has 4 heteroatoms. The molecule has 108 valence electrons. The lowest BCUT2D eigenvalue weighted by atomic mass is 10.1. The number of fused-ring (bicyclic) bond motifs is 1. The average Bonchev–Trinajstić information content (AvgIpc) is 2.87. The van der Waals surface area contributed by atoms with E-state index in [0.717, 1.165) is 17.7 Å². The quantitative estimate of drug-likeness (QED) is 0.882. The Labute approximate surface area is 129 Å². The first-order valence-corrected chi connectivity index (χ1v) is 7.32. The van der Waals surface area contributed by atoms with Crippen LogP contribution in [-0.4, -0.2) is 17.7 Å². The topological polar surface area (TPSA) is 44.5 Å². The molecule has 0 fully saturated rings. The van der Waals surface area contributed by atoms with Crippen molar-refractivity contribution in [2.45, 2.75) is 19.4 Å². The van der Waals surface area contributed by atoms with Gasteiger partial charge in [-0.3, -0.25) is 0 Å². The van der Waals surface area contributed by atoms with Crippen LogP contribution in [0.15, 0.2) is 42.5 Å². The highest BCUT2D eigenvalue weighted by molar-refractivity contribution is 7.80. The zero-order chi connectivity index (χ0) is 14.8. The van der Waals surface area contributed by atoms with Gasteiger partial charge in [-0.25, -0.2) is 0 Å². The van der Waals surface area contributed by atoms with Gasteiger partial charge in [0.15, 0.2) is 0 Å². The lowest BCUT2D eigenvalue weighted by Gasteiger charge is -2.14. The second-order valence-corrected chi connectivity index (χ2v) is 5.67. The number of nitrogens with two attached hydrogens (primary N) is 1. The minimum absolute atomic E-state index is 0.0289. The van der Waals surface area contributed by atoms with Crippen LogP contribution in [0.1, 0.15) is 16.7 Å². The van der Waals surface area contributed by atoms with E-state index < -0.39 is 0 Å². The molecular weight excluding hydrogens is 282 g/mol. The number of thiocarbonyl (C=S) groups is 1. The van der Waals surface area contributed by atoms with Crippen LogP contribution >= 0.6 is 12.2 Å². The smallest absolute Gasteiger partial charge is 0.137 e. The molecule has 3 rings (SSSR count). The molecule has 0 saturated carbocycles. The highest BCUT2D eigenvalue weighted by Crippen LogP contribution is 2.30. The van der Waals surface area contributed by atoms with Crippen molar-refractivity contribution in [1.29, 1.82) is 0 Å². The largest absolute Gasteiger partial charge is 0.489 e. The van der Waals surface area contributed by atoms with E-state index in [4.69, 9.17) is 27.4 Å². The Balaban J connectivity index is 1.67. The third-order valence-electron chi connectivity index (χ3n) is 3.53. The Kier molecular flexibility index (Phi) is 3.80. The van der Waals surface area contributed by atoms with Crippen molar-refractivity contribution in [1.82, 2.24) is 0 Å². The van der Waals surface area contributed by atoms with Crippen molar-refractivity contribution in [3.05, 3.63) is 59.2 Å². The predicted octanol–water partition coefficient (Wildman–Crippen LogP) is 3.01. The molecule has 2 aromatic rings. The zero-order valence-electron chi connectivity index (χ0n) is 11.8. The Morgan fingerprint density at radius 1 is 1.33 bits per heavy atom. The van der Waals surface area contributed by atoms with Gasteiger partial charge in [0.1, 0.15) is 29.2 Å². The summed E-state index contributed by atoms with van der Waals surface area (Å²) in [5.41, 5.74) is 8.96. The molecule has 0 spiro atoms. The second kappa shape index (κ2) is 5.74. The maximum atomic E-state index is 5.89. The fourth-order valence-electron chi connectivity index (χ4n) is 2.52. The van der Waals surface area contributed by atoms with Crippen LogP contribution in [0.3, 0.4) is 0 Å². The summed E-state index contributed by atoms with van der Waals surface area (Å²) in [7, 11) is 0. The van der Waals surface area contributed by atoms with Gasteiger partial charge in [-0.1, -0.05) is 42.0 Å². The molecule has 1 heterocycles. The Morgan fingerprint density at radius 3 is 2.95 bits per heavy atom. The van der Waals surface area contributed by atoms with Gasteiger partial charge in [0, 0.05) is 6.42 Å². The van der Waals surface area contributed by atoms with Crippen LogP contribution in [0.4, 0.5) is 0 Å². The van der Waals surface area contributed by atoms with Crippen LogP contribution in [0.2, 0.25) is 0 Å². The number of aryl methyl sites for hydroxylation is 1. The van der Waals surface area contributed by atoms with Crippen molar-refractivity contribution < 1.29 is 9.47 Å². The Hall–Kier alpha value is -2.07. The molecule has 0 radical (unpaired) electrons. The number of para-hydroxylation sites is 1. The van der Waals surface area contributed by atoms with Gasteiger partial charge in [0.2, 0.25) is 0 Å².